The summed E-state index contributed by atoms with van der Waals surface area (Å²) in [5.74, 6) is 0.330. The molecule has 0 spiro atoms. The summed E-state index contributed by atoms with van der Waals surface area (Å²) in [5, 5.41) is 13.0. The maximum atomic E-state index is 9.32. The van der Waals surface area contributed by atoms with E-state index >= 15 is 0 Å². The van der Waals surface area contributed by atoms with Gasteiger partial charge in [0.1, 0.15) is 5.75 Å². The van der Waals surface area contributed by atoms with Gasteiger partial charge in [0.05, 0.1) is 0 Å². The molecule has 2 aromatic rings. The number of likely N-dealkylation sites (N-methyl/N-ethyl adjacent to an activating group) is 1. The van der Waals surface area contributed by atoms with Crippen molar-refractivity contribution in [3.63, 3.8) is 0 Å². The molecule has 0 amide bonds. The third-order valence-electron chi connectivity index (χ3n) is 4.27. The van der Waals surface area contributed by atoms with Crippen LogP contribution in [0.1, 0.15) is 30.5 Å². The van der Waals surface area contributed by atoms with Gasteiger partial charge in [-0.1, -0.05) is 42.5 Å². The molecule has 0 saturated heterocycles. The van der Waals surface area contributed by atoms with E-state index in [2.05, 4.69) is 61.6 Å². The first-order valence-electron chi connectivity index (χ1n) is 8.29. The van der Waals surface area contributed by atoms with Crippen molar-refractivity contribution >= 4 is 0 Å². The molecule has 23 heavy (non-hydrogen) atoms. The molecule has 2 aromatic carbocycles. The first-order valence-corrected chi connectivity index (χ1v) is 8.29. The van der Waals surface area contributed by atoms with Gasteiger partial charge >= 0.3 is 0 Å². The van der Waals surface area contributed by atoms with Crippen LogP contribution in [0.2, 0.25) is 0 Å². The lowest BCUT2D eigenvalue weighted by molar-refractivity contribution is 0.279. The molecule has 0 radical (unpaired) electrons. The number of benzene rings is 2. The molecule has 0 aliphatic rings. The van der Waals surface area contributed by atoms with Crippen molar-refractivity contribution in [2.45, 2.75) is 31.8 Å². The van der Waals surface area contributed by atoms with Crippen LogP contribution in [0.4, 0.5) is 0 Å². The Morgan fingerprint density at radius 1 is 1.00 bits per heavy atom. The van der Waals surface area contributed by atoms with E-state index in [1.54, 1.807) is 12.1 Å². The van der Waals surface area contributed by atoms with Crippen LogP contribution in [0.5, 0.6) is 5.75 Å². The molecule has 2 atom stereocenters. The summed E-state index contributed by atoms with van der Waals surface area (Å²) in [6.45, 7) is 3.17. The lowest BCUT2D eigenvalue weighted by atomic mass is 10.0. The molecule has 3 nitrogen and oxygen atoms in total. The number of rotatable bonds is 8. The number of hydrogen-bond donors (Lipinski definition) is 2. The lowest BCUT2D eigenvalue weighted by Crippen LogP contribution is -2.36. The quantitative estimate of drug-likeness (QED) is 0.782. The van der Waals surface area contributed by atoms with Crippen LogP contribution in [0.15, 0.2) is 54.6 Å². The average molecular weight is 312 g/mol. The average Bonchev–Trinajstić information content (AvgIpc) is 2.55. The van der Waals surface area contributed by atoms with Crippen molar-refractivity contribution in [1.82, 2.24) is 10.2 Å². The van der Waals surface area contributed by atoms with Crippen LogP contribution >= 0.6 is 0 Å². The van der Waals surface area contributed by atoms with Gasteiger partial charge in [-0.05, 0) is 57.1 Å². The molecule has 0 aromatic heterocycles. The number of phenols is 1. The molecular formula is C20H28N2O. The smallest absolute Gasteiger partial charge is 0.115 e. The second-order valence-electron chi connectivity index (χ2n) is 6.40. The molecular weight excluding hydrogens is 284 g/mol. The Labute approximate surface area is 140 Å². The molecule has 0 fully saturated rings. The SMILES string of the molecule is CC(CCc1ccc(O)cc1)NCC(c1ccccc1)N(C)C. The minimum absolute atomic E-state index is 0.330. The van der Waals surface area contributed by atoms with Crippen molar-refractivity contribution in [2.75, 3.05) is 20.6 Å². The van der Waals surface area contributed by atoms with Gasteiger partial charge in [0.25, 0.3) is 0 Å². The van der Waals surface area contributed by atoms with Crippen molar-refractivity contribution in [3.05, 3.63) is 65.7 Å². The molecule has 2 unspecified atom stereocenters. The molecule has 0 saturated carbocycles. The van der Waals surface area contributed by atoms with Gasteiger partial charge in [0.2, 0.25) is 0 Å². The minimum atomic E-state index is 0.330. The zero-order valence-corrected chi connectivity index (χ0v) is 14.4. The highest BCUT2D eigenvalue weighted by Gasteiger charge is 2.14. The Balaban J connectivity index is 1.82. The molecule has 0 aliphatic heterocycles. The van der Waals surface area contributed by atoms with Crippen molar-refractivity contribution in [1.29, 1.82) is 0 Å². The number of aromatic hydroxyl groups is 1. The molecule has 0 aliphatic carbocycles. The largest absolute Gasteiger partial charge is 0.508 e. The van der Waals surface area contributed by atoms with Crippen LogP contribution in [0.25, 0.3) is 0 Å². The Bertz CT molecular complexity index is 566. The second-order valence-corrected chi connectivity index (χ2v) is 6.40. The predicted octanol–water partition coefficient (Wildman–Crippen LogP) is 3.61. The Morgan fingerprint density at radius 3 is 2.26 bits per heavy atom. The normalized spacial score (nSPS) is 13.9. The highest BCUT2D eigenvalue weighted by atomic mass is 16.3. The van der Waals surface area contributed by atoms with Gasteiger partial charge in [-0.25, -0.2) is 0 Å². The fourth-order valence-corrected chi connectivity index (χ4v) is 2.73. The highest BCUT2D eigenvalue weighted by molar-refractivity contribution is 5.26. The maximum Gasteiger partial charge on any atom is 0.115 e. The monoisotopic (exact) mass is 312 g/mol. The van der Waals surface area contributed by atoms with E-state index in [-0.39, 0.29) is 0 Å². The van der Waals surface area contributed by atoms with Crippen LogP contribution < -0.4 is 5.32 Å². The van der Waals surface area contributed by atoms with E-state index in [1.165, 1.54) is 11.1 Å². The number of aryl methyl sites for hydroxylation is 1. The van der Waals surface area contributed by atoms with Gasteiger partial charge < -0.3 is 15.3 Å². The fourth-order valence-electron chi connectivity index (χ4n) is 2.73. The summed E-state index contributed by atoms with van der Waals surface area (Å²) in [6.07, 6.45) is 2.10. The second kappa shape index (κ2) is 8.70. The number of nitrogens with zero attached hydrogens (tertiary/aromatic N) is 1. The molecule has 3 heteroatoms. The van der Waals surface area contributed by atoms with Crippen molar-refractivity contribution < 1.29 is 5.11 Å². The maximum absolute atomic E-state index is 9.32. The van der Waals surface area contributed by atoms with Crippen LogP contribution in [0, 0.1) is 0 Å². The summed E-state index contributed by atoms with van der Waals surface area (Å²) in [7, 11) is 4.25. The first-order chi connectivity index (χ1) is 11.1. The topological polar surface area (TPSA) is 35.5 Å². The molecule has 0 bridgehead atoms. The summed E-state index contributed by atoms with van der Waals surface area (Å²) in [4.78, 5) is 2.26. The summed E-state index contributed by atoms with van der Waals surface area (Å²) in [5.41, 5.74) is 2.61. The summed E-state index contributed by atoms with van der Waals surface area (Å²) < 4.78 is 0. The predicted molar refractivity (Wildman–Crippen MR) is 96.8 cm³/mol. The zero-order valence-electron chi connectivity index (χ0n) is 14.4. The Morgan fingerprint density at radius 2 is 1.65 bits per heavy atom. The standard InChI is InChI=1S/C20H28N2O/c1-16(9-10-17-11-13-19(23)14-12-17)21-15-20(22(2)3)18-7-5-4-6-8-18/h4-8,11-14,16,20-21,23H,9-10,15H2,1-3H3. The Kier molecular flexibility index (Phi) is 6.63. The Hall–Kier alpha value is -1.84. The van der Waals surface area contributed by atoms with Gasteiger partial charge in [-0.3, -0.25) is 0 Å². The van der Waals surface area contributed by atoms with E-state index in [0.29, 0.717) is 17.8 Å². The van der Waals surface area contributed by atoms with Gasteiger partial charge in [0, 0.05) is 18.6 Å². The van der Waals surface area contributed by atoms with Crippen LogP contribution in [-0.2, 0) is 6.42 Å². The highest BCUT2D eigenvalue weighted by Crippen LogP contribution is 2.17. The van der Waals surface area contributed by atoms with Gasteiger partial charge in [-0.2, -0.15) is 0 Å². The van der Waals surface area contributed by atoms with Gasteiger partial charge in [0.15, 0.2) is 0 Å². The third-order valence-corrected chi connectivity index (χ3v) is 4.27. The molecule has 2 rings (SSSR count). The van der Waals surface area contributed by atoms with Crippen molar-refractivity contribution in [2.24, 2.45) is 0 Å². The third kappa shape index (κ3) is 5.70. The lowest BCUT2D eigenvalue weighted by Gasteiger charge is -2.27. The zero-order chi connectivity index (χ0) is 16.7. The van der Waals surface area contributed by atoms with E-state index in [4.69, 9.17) is 0 Å². The molecule has 0 heterocycles. The van der Waals surface area contributed by atoms with E-state index in [9.17, 15) is 5.11 Å². The van der Waals surface area contributed by atoms with E-state index < -0.39 is 0 Å². The molecule has 124 valence electrons. The van der Waals surface area contributed by atoms with Crippen molar-refractivity contribution in [3.8, 4) is 5.75 Å². The van der Waals surface area contributed by atoms with Gasteiger partial charge in [-0.15, -0.1) is 0 Å². The first kappa shape index (κ1) is 17.5. The number of nitrogens with one attached hydrogen (secondary N) is 1. The number of hydrogen-bond acceptors (Lipinski definition) is 3. The van der Waals surface area contributed by atoms with E-state index in [1.807, 2.05) is 12.1 Å². The summed E-state index contributed by atoms with van der Waals surface area (Å²) >= 11 is 0. The number of phenolic OH excluding ortho intramolecular Hbond substituents is 1. The van der Waals surface area contributed by atoms with E-state index in [0.717, 1.165) is 19.4 Å². The minimum Gasteiger partial charge on any atom is -0.508 e. The van der Waals surface area contributed by atoms with Crippen LogP contribution in [-0.4, -0.2) is 36.7 Å². The fraction of sp³-hybridized carbons (Fsp3) is 0.400. The van der Waals surface area contributed by atoms with Crippen LogP contribution in [0.3, 0.4) is 0 Å². The summed E-state index contributed by atoms with van der Waals surface area (Å²) in [6, 6.07) is 19.0. The molecule has 2 N–H and O–H groups in total.